The molecule has 3 N–H and O–H groups in total. The fourth-order valence-electron chi connectivity index (χ4n) is 4.12. The van der Waals surface area contributed by atoms with Gasteiger partial charge in [-0.05, 0) is 69.9 Å². The molecule has 3 aromatic rings. The third-order valence-electron chi connectivity index (χ3n) is 6.15. The first-order chi connectivity index (χ1) is 15.9. The first-order valence-corrected chi connectivity index (χ1v) is 11.3. The van der Waals surface area contributed by atoms with E-state index >= 15 is 0 Å². The van der Waals surface area contributed by atoms with Crippen molar-refractivity contribution in [2.75, 3.05) is 39.2 Å². The van der Waals surface area contributed by atoms with Crippen molar-refractivity contribution in [3.8, 4) is 11.5 Å². The van der Waals surface area contributed by atoms with Gasteiger partial charge in [0.2, 0.25) is 0 Å². The molecule has 0 spiro atoms. The lowest BCUT2D eigenvalue weighted by molar-refractivity contribution is 0.157. The Kier molecular flexibility index (Phi) is 6.93. The molecule has 1 aromatic heterocycles. The van der Waals surface area contributed by atoms with Crippen LogP contribution in [-0.4, -0.2) is 54.7 Å². The average molecular weight is 449 g/mol. The fourth-order valence-corrected chi connectivity index (χ4v) is 4.12. The molecule has 1 aliphatic heterocycles. The van der Waals surface area contributed by atoms with E-state index in [4.69, 9.17) is 15.2 Å². The highest BCUT2D eigenvalue weighted by molar-refractivity contribution is 6.01. The predicted octanol–water partition coefficient (Wildman–Crippen LogP) is 4.03. The van der Waals surface area contributed by atoms with Crippen molar-refractivity contribution in [2.24, 2.45) is 16.6 Å². The van der Waals surface area contributed by atoms with Gasteiger partial charge in [-0.3, -0.25) is 0 Å². The lowest BCUT2D eigenvalue weighted by atomic mass is 9.98. The fraction of sp³-hybridized carbons (Fsp3) is 0.400. The van der Waals surface area contributed by atoms with Crippen LogP contribution in [0.5, 0.6) is 11.5 Å². The maximum atomic E-state index is 6.23. The van der Waals surface area contributed by atoms with E-state index in [1.54, 1.807) is 7.11 Å². The molecule has 0 atom stereocenters. The van der Waals surface area contributed by atoms with Crippen LogP contribution in [0.15, 0.2) is 41.7 Å². The van der Waals surface area contributed by atoms with Gasteiger partial charge in [-0.1, -0.05) is 18.2 Å². The first-order valence-electron chi connectivity index (χ1n) is 11.3. The van der Waals surface area contributed by atoms with Gasteiger partial charge in [-0.2, -0.15) is 0 Å². The molecule has 2 heterocycles. The molecule has 0 bridgehead atoms. The number of aromatic nitrogens is 2. The summed E-state index contributed by atoms with van der Waals surface area (Å²) in [5.74, 6) is 2.69. The number of aryl methyl sites for hydroxylation is 2. The number of hydrogen-bond acceptors (Lipinski definition) is 6. The molecule has 0 unspecified atom stereocenters. The van der Waals surface area contributed by atoms with E-state index in [9.17, 15) is 0 Å². The lowest BCUT2D eigenvalue weighted by Gasteiger charge is -2.28. The van der Waals surface area contributed by atoms with Gasteiger partial charge in [0.05, 0.1) is 24.9 Å². The molecule has 8 heteroatoms. The number of guanidine groups is 1. The topological polar surface area (TPSA) is 97.9 Å². The van der Waals surface area contributed by atoms with Crippen LogP contribution in [0.1, 0.15) is 24.0 Å². The van der Waals surface area contributed by atoms with E-state index in [0.29, 0.717) is 29.8 Å². The minimum absolute atomic E-state index is 0.258. The number of fused-ring (bicyclic) bond motifs is 1. The molecule has 0 aliphatic carbocycles. The number of para-hydroxylation sites is 1. The molecule has 174 valence electrons. The van der Waals surface area contributed by atoms with Gasteiger partial charge < -0.3 is 25.4 Å². The highest BCUT2D eigenvalue weighted by atomic mass is 16.5. The number of nitrogens with two attached hydrogens (primary N) is 1. The van der Waals surface area contributed by atoms with Crippen LogP contribution >= 0.6 is 0 Å². The number of rotatable bonds is 6. The number of nitrogens with one attached hydrogen (secondary N) is 1. The van der Waals surface area contributed by atoms with Crippen LogP contribution in [0.2, 0.25) is 0 Å². The Morgan fingerprint density at radius 2 is 1.88 bits per heavy atom. The lowest BCUT2D eigenvalue weighted by Crippen LogP contribution is -2.32. The maximum absolute atomic E-state index is 6.23. The Balaban J connectivity index is 1.57. The zero-order valence-corrected chi connectivity index (χ0v) is 19.8. The zero-order valence-electron chi connectivity index (χ0n) is 19.8. The summed E-state index contributed by atoms with van der Waals surface area (Å²) in [6.07, 6.45) is 3.79. The molecular weight excluding hydrogens is 416 g/mol. The van der Waals surface area contributed by atoms with Crippen molar-refractivity contribution in [3.05, 3.63) is 47.8 Å². The van der Waals surface area contributed by atoms with Crippen molar-refractivity contribution >= 4 is 28.4 Å². The molecule has 4 rings (SSSR count). The summed E-state index contributed by atoms with van der Waals surface area (Å²) in [5, 5.41) is 3.90. The highest BCUT2D eigenvalue weighted by Crippen LogP contribution is 2.34. The molecule has 8 nitrogen and oxygen atoms in total. The van der Waals surface area contributed by atoms with Gasteiger partial charge in [0.1, 0.15) is 12.1 Å². The number of piperidine rings is 1. The summed E-state index contributed by atoms with van der Waals surface area (Å²) in [6.45, 7) is 6.90. The van der Waals surface area contributed by atoms with Gasteiger partial charge in [-0.15, -0.1) is 0 Å². The van der Waals surface area contributed by atoms with Crippen LogP contribution in [0.3, 0.4) is 0 Å². The Morgan fingerprint density at radius 3 is 2.58 bits per heavy atom. The van der Waals surface area contributed by atoms with Crippen molar-refractivity contribution in [3.63, 3.8) is 0 Å². The molecule has 1 saturated heterocycles. The van der Waals surface area contributed by atoms with Gasteiger partial charge in [0.25, 0.3) is 0 Å². The van der Waals surface area contributed by atoms with Gasteiger partial charge in [0, 0.05) is 11.5 Å². The van der Waals surface area contributed by atoms with E-state index in [1.165, 1.54) is 6.33 Å². The number of nitrogens with zero attached hydrogens (tertiary/aromatic N) is 4. The van der Waals surface area contributed by atoms with Crippen LogP contribution in [0, 0.1) is 19.8 Å². The Morgan fingerprint density at radius 1 is 1.15 bits per heavy atom. The molecule has 0 radical (unpaired) electrons. The normalized spacial score (nSPS) is 15.6. The molecular formula is C25H32N6O2. The molecule has 2 aromatic carbocycles. The molecule has 0 amide bonds. The summed E-state index contributed by atoms with van der Waals surface area (Å²) < 4.78 is 11.8. The molecule has 1 fully saturated rings. The summed E-state index contributed by atoms with van der Waals surface area (Å²) in [6, 6.07) is 9.81. The Hall–Kier alpha value is -3.39. The summed E-state index contributed by atoms with van der Waals surface area (Å²) in [4.78, 5) is 15.7. The van der Waals surface area contributed by atoms with E-state index in [1.807, 2.05) is 44.2 Å². The largest absolute Gasteiger partial charge is 0.493 e. The molecule has 0 saturated carbocycles. The van der Waals surface area contributed by atoms with E-state index < -0.39 is 0 Å². The van der Waals surface area contributed by atoms with E-state index in [-0.39, 0.29) is 5.96 Å². The Bertz CT molecular complexity index is 1130. The number of anilines is 1. The second kappa shape index (κ2) is 10.0. The number of methoxy groups -OCH3 is 1. The second-order valence-electron chi connectivity index (χ2n) is 8.66. The second-order valence-corrected chi connectivity index (χ2v) is 8.66. The molecule has 33 heavy (non-hydrogen) atoms. The maximum Gasteiger partial charge on any atom is 0.199 e. The van der Waals surface area contributed by atoms with Crippen LogP contribution in [0.4, 0.5) is 11.5 Å². The number of benzene rings is 2. The summed E-state index contributed by atoms with van der Waals surface area (Å²) >= 11 is 0. The Labute approximate surface area is 194 Å². The van der Waals surface area contributed by atoms with Crippen LogP contribution < -0.4 is 20.5 Å². The monoisotopic (exact) mass is 448 g/mol. The SMILES string of the molecule is COc1cc2c(NC(N)=Nc3c(C)cccc3C)ncnc2cc1OCC1CCN(C)CC1. The van der Waals surface area contributed by atoms with Crippen molar-refractivity contribution < 1.29 is 9.47 Å². The van der Waals surface area contributed by atoms with E-state index in [0.717, 1.165) is 53.6 Å². The number of likely N-dealkylation sites (tertiary alicyclic amines) is 1. The highest BCUT2D eigenvalue weighted by Gasteiger charge is 2.19. The number of hydrogen-bond donors (Lipinski definition) is 2. The van der Waals surface area contributed by atoms with Crippen molar-refractivity contribution in [1.29, 1.82) is 0 Å². The van der Waals surface area contributed by atoms with Gasteiger partial charge in [-0.25, -0.2) is 15.0 Å². The minimum Gasteiger partial charge on any atom is -0.493 e. The molecule has 1 aliphatic rings. The van der Waals surface area contributed by atoms with Crippen LogP contribution in [0.25, 0.3) is 10.9 Å². The number of aliphatic imine (C=N–C) groups is 1. The van der Waals surface area contributed by atoms with Crippen molar-refractivity contribution in [2.45, 2.75) is 26.7 Å². The minimum atomic E-state index is 0.258. The summed E-state index contributed by atoms with van der Waals surface area (Å²) in [7, 11) is 3.80. The predicted molar refractivity (Wildman–Crippen MR) is 133 cm³/mol. The third-order valence-corrected chi connectivity index (χ3v) is 6.15. The van der Waals surface area contributed by atoms with Gasteiger partial charge >= 0.3 is 0 Å². The standard InChI is InChI=1S/C25H32N6O2/c1-16-6-5-7-17(2)23(16)29-25(26)30-24-19-12-21(32-4)22(13-20(19)27-15-28-24)33-14-18-8-10-31(3)11-9-18/h5-7,12-13,15,18H,8-11,14H2,1-4H3,(H3,26,27,28,29,30). The average Bonchev–Trinajstić information content (AvgIpc) is 2.81. The first kappa shape index (κ1) is 22.8. The van der Waals surface area contributed by atoms with Gasteiger partial charge in [0.15, 0.2) is 17.5 Å². The summed E-state index contributed by atoms with van der Waals surface area (Å²) in [5.41, 5.74) is 9.93. The quantitative estimate of drug-likeness (QED) is 0.434. The third kappa shape index (κ3) is 5.34. The van der Waals surface area contributed by atoms with E-state index in [2.05, 4.69) is 32.2 Å². The van der Waals surface area contributed by atoms with Crippen LogP contribution in [-0.2, 0) is 0 Å². The van der Waals surface area contributed by atoms with Crippen molar-refractivity contribution in [1.82, 2.24) is 14.9 Å². The smallest absolute Gasteiger partial charge is 0.199 e. The zero-order chi connectivity index (χ0) is 23.4. The number of ether oxygens (including phenoxy) is 2.